The van der Waals surface area contributed by atoms with Gasteiger partial charge in [0, 0.05) is 45.4 Å². The summed E-state index contributed by atoms with van der Waals surface area (Å²) in [7, 11) is 1.49. The monoisotopic (exact) mass is 1040 g/mol. The number of hydrogen-bond acceptors (Lipinski definition) is 16. The average Bonchev–Trinajstić information content (AvgIpc) is 3.72. The van der Waals surface area contributed by atoms with Crippen LogP contribution in [0.25, 0.3) is 0 Å². The van der Waals surface area contributed by atoms with E-state index in [9.17, 15) is 29.1 Å². The van der Waals surface area contributed by atoms with Crippen LogP contribution in [0.3, 0.4) is 0 Å². The molecule has 71 heavy (non-hydrogen) atoms. The highest BCUT2D eigenvalue weighted by Crippen LogP contribution is 2.48. The molecule has 2 aromatic heterocycles. The van der Waals surface area contributed by atoms with Crippen LogP contribution in [0.4, 0.5) is 15.4 Å². The van der Waals surface area contributed by atoms with Crippen molar-refractivity contribution in [1.82, 2.24) is 25.5 Å². The van der Waals surface area contributed by atoms with Gasteiger partial charge in [-0.1, -0.05) is 125 Å². The molecule has 0 bridgehead atoms. The van der Waals surface area contributed by atoms with Crippen molar-refractivity contribution in [1.29, 1.82) is 0 Å². The molecule has 0 spiro atoms. The van der Waals surface area contributed by atoms with Crippen molar-refractivity contribution in [2.75, 3.05) is 30.5 Å². The van der Waals surface area contributed by atoms with Crippen molar-refractivity contribution in [2.45, 2.75) is 79.7 Å². The molecular weight excluding hydrogens is 987 g/mol. The summed E-state index contributed by atoms with van der Waals surface area (Å²) < 4.78 is 16.9. The number of carbonyl (C=O) groups excluding carboxylic acids is 4. The number of aliphatic carboxylic acids is 1. The Hall–Kier alpha value is -6.55. The number of benzene rings is 3. The zero-order valence-electron chi connectivity index (χ0n) is 39.9. The average molecular weight is 1040 g/mol. The van der Waals surface area contributed by atoms with Crippen LogP contribution in [-0.4, -0.2) is 103 Å². The topological polar surface area (TPSA) is 220 Å². The number of thioether (sulfide) groups is 3. The number of β-lactam (4-membered cyclic amide) rings is 1. The number of pyridine rings is 1. The number of carboxylic acid groups (broad SMARTS) is 1. The quantitative estimate of drug-likeness (QED) is 0.0212. The maximum atomic E-state index is 14.8. The Bertz CT molecular complexity index is 2700. The highest BCUT2D eigenvalue weighted by Gasteiger charge is 2.55. The van der Waals surface area contributed by atoms with Gasteiger partial charge < -0.3 is 34.8 Å². The lowest BCUT2D eigenvalue weighted by Gasteiger charge is -2.49. The third kappa shape index (κ3) is 12.9. The van der Waals surface area contributed by atoms with Gasteiger partial charge in [0.1, 0.15) is 39.8 Å². The summed E-state index contributed by atoms with van der Waals surface area (Å²) in [5.74, 6) is -1.59. The summed E-state index contributed by atoms with van der Waals surface area (Å²) in [6.07, 6.45) is -1.29. The fourth-order valence-electron chi connectivity index (χ4n) is 7.31. The van der Waals surface area contributed by atoms with Crippen LogP contribution in [0, 0.1) is 0 Å². The number of rotatable bonds is 18. The fraction of sp³-hybridized carbons (Fsp3) is 0.320. The van der Waals surface area contributed by atoms with Crippen LogP contribution in [-0.2, 0) is 40.0 Å². The summed E-state index contributed by atoms with van der Waals surface area (Å²) in [5, 5.41) is 23.0. The van der Waals surface area contributed by atoms with Gasteiger partial charge in [0.2, 0.25) is 5.60 Å². The van der Waals surface area contributed by atoms with Crippen molar-refractivity contribution >= 4 is 88.1 Å². The third-order valence-corrected chi connectivity index (χ3v) is 15.1. The normalized spacial score (nSPS) is 16.0. The number of aromatic nitrogens is 2. The molecule has 372 valence electrons. The lowest BCUT2D eigenvalue weighted by Crippen LogP contribution is -2.71. The molecule has 0 radical (unpaired) electrons. The van der Waals surface area contributed by atoms with Crippen LogP contribution in [0.1, 0.15) is 69.6 Å². The number of ether oxygens (including phenoxy) is 3. The largest absolute Gasteiger partial charge is 0.477 e. The van der Waals surface area contributed by atoms with E-state index in [1.807, 2.05) is 91.0 Å². The zero-order valence-corrected chi connectivity index (χ0v) is 43.2. The standard InChI is InChI=1S/C50H53N7O10S4/c1-48(2,3)65-45(62)51-26-27-68-28-34-44(71-47(53-34)64-7)70-35-29-69-42-38(41(59)57(42)39(35)43(60)61)55-40(58)37(33-24-17-25-36(52-33)54-46(63)66-49(4,5)6)56-67-50(30-18-11-8-12-19-30,31-20-13-9-14-21-31)32-22-15-10-16-23-32/h8-25,38,42H,26-29H2,1-7H3,(H,51,62)(H,55,58)(H,60,61)(H,52,54,63)/b56-37-/t38-,42+/m1/s1. The first-order chi connectivity index (χ1) is 33.9. The Morgan fingerprint density at radius 2 is 1.41 bits per heavy atom. The number of nitrogens with zero attached hydrogens (tertiary/aromatic N) is 4. The summed E-state index contributed by atoms with van der Waals surface area (Å²) in [6, 6.07) is 31.6. The predicted octanol–water partition coefficient (Wildman–Crippen LogP) is 8.85. The molecule has 3 aromatic carbocycles. The van der Waals surface area contributed by atoms with E-state index in [0.717, 1.165) is 0 Å². The minimum atomic E-state index is -1.42. The number of fused-ring (bicyclic) bond motifs is 1. The Morgan fingerprint density at radius 3 is 1.97 bits per heavy atom. The lowest BCUT2D eigenvalue weighted by atomic mass is 9.80. The zero-order chi connectivity index (χ0) is 50.9. The van der Waals surface area contributed by atoms with Gasteiger partial charge in [-0.25, -0.2) is 24.4 Å². The predicted molar refractivity (Wildman–Crippen MR) is 276 cm³/mol. The minimum Gasteiger partial charge on any atom is -0.477 e. The van der Waals surface area contributed by atoms with Crippen LogP contribution >= 0.6 is 46.6 Å². The molecule has 4 heterocycles. The van der Waals surface area contributed by atoms with E-state index < -0.39 is 58.2 Å². The molecule has 2 aliphatic rings. The molecule has 1 saturated heterocycles. The summed E-state index contributed by atoms with van der Waals surface area (Å²) in [4.78, 5) is 84.4. The number of alkyl carbamates (subject to hydrolysis) is 1. The molecule has 0 unspecified atom stereocenters. The maximum Gasteiger partial charge on any atom is 0.413 e. The van der Waals surface area contributed by atoms with E-state index in [4.69, 9.17) is 19.0 Å². The number of anilines is 1. The molecule has 17 nitrogen and oxygen atoms in total. The second kappa shape index (κ2) is 22.7. The number of methoxy groups -OCH3 is 1. The van der Waals surface area contributed by atoms with Crippen LogP contribution in [0.5, 0.6) is 5.19 Å². The molecule has 2 atom stereocenters. The Balaban J connectivity index is 1.17. The molecule has 5 aromatic rings. The first-order valence-corrected chi connectivity index (χ1v) is 26.1. The molecule has 2 aliphatic heterocycles. The first kappa shape index (κ1) is 52.3. The van der Waals surface area contributed by atoms with Gasteiger partial charge in [0.25, 0.3) is 17.0 Å². The molecular formula is C50H53N7O10S4. The molecule has 1 fully saturated rings. The van der Waals surface area contributed by atoms with E-state index in [0.29, 0.717) is 54.7 Å². The molecule has 0 aliphatic carbocycles. The number of oxime groups is 1. The van der Waals surface area contributed by atoms with Gasteiger partial charge in [-0.15, -0.1) is 11.8 Å². The number of hydrogen-bond donors (Lipinski definition) is 4. The van der Waals surface area contributed by atoms with Gasteiger partial charge in [-0.2, -0.15) is 11.8 Å². The summed E-state index contributed by atoms with van der Waals surface area (Å²) in [6.45, 7) is 10.9. The third-order valence-electron chi connectivity index (χ3n) is 10.3. The van der Waals surface area contributed by atoms with Crippen molar-refractivity contribution in [3.05, 3.63) is 148 Å². The van der Waals surface area contributed by atoms with Crippen molar-refractivity contribution in [3.8, 4) is 5.19 Å². The minimum absolute atomic E-state index is 0.0165. The lowest BCUT2D eigenvalue weighted by molar-refractivity contribution is -0.150. The molecule has 7 rings (SSSR count). The summed E-state index contributed by atoms with van der Waals surface area (Å²) in [5.41, 5.74) is -0.688. The Labute approximate surface area is 427 Å². The Morgan fingerprint density at radius 1 is 0.817 bits per heavy atom. The number of carboxylic acids is 1. The van der Waals surface area contributed by atoms with Crippen LogP contribution < -0.4 is 20.7 Å². The van der Waals surface area contributed by atoms with E-state index in [2.05, 4.69) is 31.1 Å². The van der Waals surface area contributed by atoms with Crippen molar-refractivity contribution < 1.29 is 48.1 Å². The highest BCUT2D eigenvalue weighted by atomic mass is 32.2. The molecule has 4 N–H and O–H groups in total. The second-order valence-electron chi connectivity index (χ2n) is 17.8. The van der Waals surface area contributed by atoms with E-state index in [-0.39, 0.29) is 28.7 Å². The fourth-order valence-corrected chi connectivity index (χ4v) is 12.0. The molecule has 0 saturated carbocycles. The van der Waals surface area contributed by atoms with Gasteiger partial charge >= 0.3 is 18.2 Å². The van der Waals surface area contributed by atoms with Gasteiger partial charge in [0.15, 0.2) is 5.71 Å². The number of thiazole rings is 1. The van der Waals surface area contributed by atoms with E-state index in [1.54, 1.807) is 47.6 Å². The van der Waals surface area contributed by atoms with Gasteiger partial charge in [0.05, 0.1) is 17.0 Å². The van der Waals surface area contributed by atoms with Gasteiger partial charge in [-0.05, 0) is 53.7 Å². The van der Waals surface area contributed by atoms with E-state index >= 15 is 0 Å². The Kier molecular flexibility index (Phi) is 16.7. The summed E-state index contributed by atoms with van der Waals surface area (Å²) >= 11 is 5.25. The van der Waals surface area contributed by atoms with Gasteiger partial charge in [-0.3, -0.25) is 19.8 Å². The highest BCUT2D eigenvalue weighted by molar-refractivity contribution is 8.07. The number of nitrogens with one attached hydrogen (secondary N) is 3. The van der Waals surface area contributed by atoms with E-state index in [1.165, 1.54) is 70.8 Å². The molecule has 21 heteroatoms. The first-order valence-electron chi connectivity index (χ1n) is 22.2. The van der Waals surface area contributed by atoms with Crippen LogP contribution in [0.15, 0.2) is 129 Å². The SMILES string of the molecule is COc1nc(CSCCNC(=O)OC(C)(C)C)c(SC2=C(C(=O)O)N3C(=O)[C@@H](NC(=O)/C(=N\OC(c4ccccc4)(c4ccccc4)c4ccccc4)c4cccc(NC(=O)OC(C)(C)C)n4)[C@@H]3SC2)s1. The number of carbonyl (C=O) groups is 5. The smallest absolute Gasteiger partial charge is 0.413 e. The second-order valence-corrected chi connectivity index (χ2v) is 22.3. The van der Waals surface area contributed by atoms with Crippen molar-refractivity contribution in [3.63, 3.8) is 0 Å². The maximum absolute atomic E-state index is 14.8. The molecule has 4 amide bonds. The number of amides is 4. The van der Waals surface area contributed by atoms with Crippen LogP contribution in [0.2, 0.25) is 0 Å². The van der Waals surface area contributed by atoms with Crippen molar-refractivity contribution in [2.24, 2.45) is 5.16 Å².